The zero-order chi connectivity index (χ0) is 17.9. The van der Waals surface area contributed by atoms with Crippen LogP contribution in [0.25, 0.3) is 0 Å². The summed E-state index contributed by atoms with van der Waals surface area (Å²) in [5.41, 5.74) is 0.0889. The number of ketones is 2. The van der Waals surface area contributed by atoms with Gasteiger partial charge in [-0.3, -0.25) is 9.59 Å². The Morgan fingerprint density at radius 3 is 2.58 bits per heavy atom. The highest BCUT2D eigenvalue weighted by Gasteiger charge is 2.38. The average Bonchev–Trinajstić information content (AvgIpc) is 3.34. The van der Waals surface area contributed by atoms with Gasteiger partial charge in [-0.1, -0.05) is 16.8 Å². The zero-order valence-electron chi connectivity index (χ0n) is 13.4. The Bertz CT molecular complexity index is 784. The Hall–Kier alpha value is -1.73. The van der Waals surface area contributed by atoms with E-state index in [1.54, 1.807) is 6.92 Å². The van der Waals surface area contributed by atoms with Crippen molar-refractivity contribution in [1.29, 1.82) is 0 Å². The molecule has 1 aromatic rings. The summed E-state index contributed by atoms with van der Waals surface area (Å²) in [6.45, 7) is 2.05. The van der Waals surface area contributed by atoms with Crippen LogP contribution in [-0.4, -0.2) is 39.1 Å². The quantitative estimate of drug-likeness (QED) is 0.303. The molecule has 2 rings (SSSR count). The van der Waals surface area contributed by atoms with Gasteiger partial charge in [0.2, 0.25) is 0 Å². The maximum absolute atomic E-state index is 12.7. The molecule has 0 spiro atoms. The molecule has 24 heavy (non-hydrogen) atoms. The van der Waals surface area contributed by atoms with Gasteiger partial charge in [0.15, 0.2) is 21.4 Å². The lowest BCUT2D eigenvalue weighted by molar-refractivity contribution is -0.121. The summed E-state index contributed by atoms with van der Waals surface area (Å²) in [5, 5.41) is 3.64. The second kappa shape index (κ2) is 7.44. The molecule has 1 atom stereocenters. The zero-order valence-corrected chi connectivity index (χ0v) is 14.9. The molecule has 0 N–H and O–H groups in total. The van der Waals surface area contributed by atoms with Crippen molar-refractivity contribution in [3.8, 4) is 0 Å². The second-order valence-corrected chi connectivity index (χ2v) is 8.03. The number of hydrogen-bond donors (Lipinski definition) is 0. The summed E-state index contributed by atoms with van der Waals surface area (Å²) in [7, 11) is -3.43. The molecular formula is C16H18ClNO5S. The van der Waals surface area contributed by atoms with Gasteiger partial charge in [0.1, 0.15) is 12.5 Å². The van der Waals surface area contributed by atoms with E-state index in [4.69, 9.17) is 16.4 Å². The Morgan fingerprint density at radius 1 is 1.42 bits per heavy atom. The number of benzene rings is 1. The Morgan fingerprint density at radius 2 is 2.08 bits per heavy atom. The van der Waals surface area contributed by atoms with Crippen molar-refractivity contribution in [3.63, 3.8) is 0 Å². The van der Waals surface area contributed by atoms with Crippen LogP contribution in [0, 0.1) is 11.8 Å². The lowest BCUT2D eigenvalue weighted by Crippen LogP contribution is -2.27. The van der Waals surface area contributed by atoms with Crippen molar-refractivity contribution >= 4 is 39.2 Å². The Kier molecular flexibility index (Phi) is 5.77. The van der Waals surface area contributed by atoms with Crippen LogP contribution < -0.4 is 0 Å². The molecule has 0 heterocycles. The maximum Gasteiger partial charge on any atom is 0.180 e. The molecule has 0 amide bonds. The van der Waals surface area contributed by atoms with Gasteiger partial charge >= 0.3 is 0 Å². The fourth-order valence-electron chi connectivity index (χ4n) is 2.16. The lowest BCUT2D eigenvalue weighted by Gasteiger charge is -2.11. The van der Waals surface area contributed by atoms with Gasteiger partial charge in [0.25, 0.3) is 0 Å². The van der Waals surface area contributed by atoms with E-state index in [2.05, 4.69) is 5.16 Å². The summed E-state index contributed by atoms with van der Waals surface area (Å²) in [6, 6.07) is 3.83. The topological polar surface area (TPSA) is 89.9 Å². The van der Waals surface area contributed by atoms with Crippen LogP contribution in [0.1, 0.15) is 30.1 Å². The SMILES string of the molecule is CCON=CC(C(=O)c1ccc(S(C)(=O)=O)cc1Cl)C(=O)C1CC1. The van der Waals surface area contributed by atoms with E-state index in [1.165, 1.54) is 24.4 Å². The number of rotatable bonds is 8. The molecule has 1 aromatic carbocycles. The number of hydrogen-bond acceptors (Lipinski definition) is 6. The van der Waals surface area contributed by atoms with Gasteiger partial charge in [0, 0.05) is 17.7 Å². The van der Waals surface area contributed by atoms with Crippen molar-refractivity contribution in [2.24, 2.45) is 17.0 Å². The highest BCUT2D eigenvalue weighted by Crippen LogP contribution is 2.34. The highest BCUT2D eigenvalue weighted by molar-refractivity contribution is 7.90. The van der Waals surface area contributed by atoms with Crippen LogP contribution in [0.2, 0.25) is 5.02 Å². The number of carbonyl (C=O) groups is 2. The van der Waals surface area contributed by atoms with Crippen molar-refractivity contribution in [2.75, 3.05) is 12.9 Å². The van der Waals surface area contributed by atoms with Gasteiger partial charge in [0.05, 0.1) is 16.1 Å². The van der Waals surface area contributed by atoms with Crippen LogP contribution in [-0.2, 0) is 19.5 Å². The smallest absolute Gasteiger partial charge is 0.180 e. The molecule has 1 aliphatic rings. The fraction of sp³-hybridized carbons (Fsp3) is 0.438. The van der Waals surface area contributed by atoms with Crippen molar-refractivity contribution < 1.29 is 22.8 Å². The molecule has 1 fully saturated rings. The summed E-state index contributed by atoms with van der Waals surface area (Å²) in [6.07, 6.45) is 3.75. The Labute approximate surface area is 145 Å². The van der Waals surface area contributed by atoms with Crippen molar-refractivity contribution in [2.45, 2.75) is 24.7 Å². The summed E-state index contributed by atoms with van der Waals surface area (Å²) < 4.78 is 23.1. The first kappa shape index (κ1) is 18.6. The molecule has 0 aromatic heterocycles. The minimum atomic E-state index is -3.43. The summed E-state index contributed by atoms with van der Waals surface area (Å²) in [4.78, 5) is 29.9. The van der Waals surface area contributed by atoms with Crippen molar-refractivity contribution in [3.05, 3.63) is 28.8 Å². The van der Waals surface area contributed by atoms with Crippen LogP contribution >= 0.6 is 11.6 Å². The summed E-state index contributed by atoms with van der Waals surface area (Å²) >= 11 is 6.06. The third-order valence-electron chi connectivity index (χ3n) is 3.62. The summed E-state index contributed by atoms with van der Waals surface area (Å²) in [5.74, 6) is -1.95. The van der Waals surface area contributed by atoms with E-state index in [9.17, 15) is 18.0 Å². The number of halogens is 1. The molecular weight excluding hydrogens is 354 g/mol. The normalized spacial score (nSPS) is 16.1. The molecule has 8 heteroatoms. The largest absolute Gasteiger partial charge is 0.396 e. The molecule has 0 radical (unpaired) electrons. The first-order valence-electron chi connectivity index (χ1n) is 7.48. The first-order chi connectivity index (χ1) is 11.3. The van der Waals surface area contributed by atoms with Crippen LogP contribution in [0.5, 0.6) is 0 Å². The van der Waals surface area contributed by atoms with Gasteiger partial charge in [-0.2, -0.15) is 0 Å². The Balaban J connectivity index is 2.33. The van der Waals surface area contributed by atoms with E-state index in [1.807, 2.05) is 0 Å². The second-order valence-electron chi connectivity index (χ2n) is 5.60. The number of sulfone groups is 1. The third kappa shape index (κ3) is 4.42. The standard InChI is InChI=1S/C16H18ClNO5S/c1-3-23-18-9-13(15(19)10-4-5-10)16(20)12-7-6-11(8-14(12)17)24(2,21)22/h6-10,13H,3-5H2,1-2H3. The molecule has 6 nitrogen and oxygen atoms in total. The van der Waals surface area contributed by atoms with Gasteiger partial charge in [-0.25, -0.2) is 8.42 Å². The number of Topliss-reactive ketones (excluding diaryl/α,β-unsaturated/α-hetero) is 2. The first-order valence-corrected chi connectivity index (χ1v) is 9.75. The van der Waals surface area contributed by atoms with Crippen LogP contribution in [0.3, 0.4) is 0 Å². The molecule has 1 aliphatic carbocycles. The minimum absolute atomic E-state index is 0.0112. The molecule has 1 saturated carbocycles. The van der Waals surface area contributed by atoms with Crippen molar-refractivity contribution in [1.82, 2.24) is 0 Å². The van der Waals surface area contributed by atoms with E-state index >= 15 is 0 Å². The average molecular weight is 372 g/mol. The number of carbonyl (C=O) groups excluding carboxylic acids is 2. The minimum Gasteiger partial charge on any atom is -0.396 e. The van der Waals surface area contributed by atoms with E-state index in [0.717, 1.165) is 19.1 Å². The molecule has 1 unspecified atom stereocenters. The molecule has 0 bridgehead atoms. The highest BCUT2D eigenvalue weighted by atomic mass is 35.5. The van der Waals surface area contributed by atoms with Crippen LogP contribution in [0.4, 0.5) is 0 Å². The predicted molar refractivity (Wildman–Crippen MR) is 90.2 cm³/mol. The predicted octanol–water partition coefficient (Wildman–Crippen LogP) is 2.54. The fourth-order valence-corrected chi connectivity index (χ4v) is 3.15. The van der Waals surface area contributed by atoms with Crippen LogP contribution in [0.15, 0.2) is 28.3 Å². The number of nitrogens with zero attached hydrogens (tertiary/aromatic N) is 1. The molecule has 130 valence electrons. The van der Waals surface area contributed by atoms with E-state index < -0.39 is 21.5 Å². The van der Waals surface area contributed by atoms with Gasteiger partial charge in [-0.05, 0) is 38.0 Å². The van der Waals surface area contributed by atoms with Gasteiger partial charge in [-0.15, -0.1) is 0 Å². The van der Waals surface area contributed by atoms with E-state index in [0.29, 0.717) is 6.61 Å². The molecule has 0 saturated heterocycles. The lowest BCUT2D eigenvalue weighted by atomic mass is 9.92. The molecule has 0 aliphatic heterocycles. The van der Waals surface area contributed by atoms with Gasteiger partial charge < -0.3 is 4.84 Å². The maximum atomic E-state index is 12.7. The number of oxime groups is 1. The van der Waals surface area contributed by atoms with E-state index in [-0.39, 0.29) is 27.2 Å². The monoisotopic (exact) mass is 371 g/mol. The third-order valence-corrected chi connectivity index (χ3v) is 5.04.